The Morgan fingerprint density at radius 1 is 0.667 bits per heavy atom. The maximum Gasteiger partial charge on any atom is 0.150 e. The van der Waals surface area contributed by atoms with Crippen LogP contribution in [0.15, 0.2) is 81.8 Å². The zero-order valence-electron chi connectivity index (χ0n) is 19.7. The number of benzene rings is 2. The lowest BCUT2D eigenvalue weighted by Gasteiger charge is -2.21. The lowest BCUT2D eigenvalue weighted by atomic mass is 10.0. The van der Waals surface area contributed by atoms with Crippen molar-refractivity contribution in [2.24, 2.45) is 0 Å². The molecule has 0 bridgehead atoms. The Bertz CT molecular complexity index is 781. The number of hydrogen-bond donors (Lipinski definition) is 0. The van der Waals surface area contributed by atoms with Crippen LogP contribution in [0.2, 0.25) is 0 Å². The first-order valence-corrected chi connectivity index (χ1v) is 13.4. The van der Waals surface area contributed by atoms with Crippen LogP contribution < -0.4 is 0 Å². The molecule has 0 saturated heterocycles. The minimum atomic E-state index is -0.0414. The third-order valence-electron chi connectivity index (χ3n) is 5.21. The van der Waals surface area contributed by atoms with Gasteiger partial charge >= 0.3 is 0 Å². The Hall–Kier alpha value is -1.24. The third-order valence-corrected chi connectivity index (χ3v) is 6.65. The largest absolute Gasteiger partial charge is 0.347 e. The van der Waals surface area contributed by atoms with Crippen LogP contribution in [0.3, 0.4) is 0 Å². The lowest BCUT2D eigenvalue weighted by molar-refractivity contribution is -0.168. The molecule has 0 saturated carbocycles. The van der Waals surface area contributed by atoms with Crippen LogP contribution >= 0.6 is 31.9 Å². The Labute approximate surface area is 216 Å². The van der Waals surface area contributed by atoms with Gasteiger partial charge in [0.1, 0.15) is 13.6 Å². The summed E-state index contributed by atoms with van der Waals surface area (Å²) in [6, 6.07) is 16.4. The molecule has 0 aliphatic heterocycles. The first-order valence-electron chi connectivity index (χ1n) is 11.8. The molecule has 33 heavy (non-hydrogen) atoms. The maximum atomic E-state index is 6.13. The first-order chi connectivity index (χ1) is 16.2. The van der Waals surface area contributed by atoms with Crippen LogP contribution in [0.25, 0.3) is 0 Å². The standard InChI is InChI=1S/C28H36Br2O3/c1-3-5-7-9-19-27(23-15-11-13-17-25(23)29)32-21-31-22-33-28(20-10-8-6-4-2)24-16-12-14-18-26(24)30/h5-8,11-18,27-28H,3-4,9-10,19-22H2,1-2H3. The molecule has 180 valence electrons. The Kier molecular flexibility index (Phi) is 14.6. The molecule has 0 aliphatic carbocycles. The number of ether oxygens (including phenoxy) is 3. The van der Waals surface area contributed by atoms with Crippen molar-refractivity contribution in [2.75, 3.05) is 13.6 Å². The SMILES string of the molecule is CCC=CCCC(OCOCOC(CCC=CCC)c1ccccc1Br)c1ccccc1Br. The Morgan fingerprint density at radius 3 is 1.48 bits per heavy atom. The van der Waals surface area contributed by atoms with E-state index in [1.54, 1.807) is 0 Å². The van der Waals surface area contributed by atoms with Crippen LogP contribution in [0.4, 0.5) is 0 Å². The fraction of sp³-hybridized carbons (Fsp3) is 0.429. The van der Waals surface area contributed by atoms with Gasteiger partial charge in [0.05, 0.1) is 12.2 Å². The van der Waals surface area contributed by atoms with E-state index in [2.05, 4.69) is 82.1 Å². The summed E-state index contributed by atoms with van der Waals surface area (Å²) in [6.45, 7) is 4.66. The summed E-state index contributed by atoms with van der Waals surface area (Å²) in [5, 5.41) is 0. The molecule has 2 atom stereocenters. The molecular formula is C28H36Br2O3. The monoisotopic (exact) mass is 578 g/mol. The number of hydrogen-bond acceptors (Lipinski definition) is 3. The summed E-state index contributed by atoms with van der Waals surface area (Å²) in [6.07, 6.45) is 14.6. The second kappa shape index (κ2) is 17.2. The Morgan fingerprint density at radius 2 is 1.09 bits per heavy atom. The molecular weight excluding hydrogens is 544 g/mol. The minimum absolute atomic E-state index is 0.0414. The highest BCUT2D eigenvalue weighted by atomic mass is 79.9. The van der Waals surface area contributed by atoms with E-state index in [0.29, 0.717) is 0 Å². The van der Waals surface area contributed by atoms with E-state index in [9.17, 15) is 0 Å². The zero-order valence-corrected chi connectivity index (χ0v) is 22.9. The van der Waals surface area contributed by atoms with Gasteiger partial charge in [-0.25, -0.2) is 0 Å². The van der Waals surface area contributed by atoms with Gasteiger partial charge in [0, 0.05) is 8.95 Å². The van der Waals surface area contributed by atoms with Crippen molar-refractivity contribution >= 4 is 31.9 Å². The second-order valence-corrected chi connectivity index (χ2v) is 9.42. The van der Waals surface area contributed by atoms with Gasteiger partial charge in [0.25, 0.3) is 0 Å². The van der Waals surface area contributed by atoms with Crippen molar-refractivity contribution in [3.05, 3.63) is 92.9 Å². The molecule has 2 aromatic rings. The summed E-state index contributed by atoms with van der Waals surface area (Å²) in [5.74, 6) is 0. The van der Waals surface area contributed by atoms with Crippen LogP contribution in [0.1, 0.15) is 75.7 Å². The number of allylic oxidation sites excluding steroid dienone is 4. The highest BCUT2D eigenvalue weighted by molar-refractivity contribution is 9.10. The van der Waals surface area contributed by atoms with Crippen molar-refractivity contribution in [3.63, 3.8) is 0 Å². The molecule has 2 unspecified atom stereocenters. The van der Waals surface area contributed by atoms with Gasteiger partial charge in [0.15, 0.2) is 0 Å². The van der Waals surface area contributed by atoms with E-state index in [4.69, 9.17) is 14.2 Å². The van der Waals surface area contributed by atoms with Crippen molar-refractivity contribution in [3.8, 4) is 0 Å². The highest BCUT2D eigenvalue weighted by Crippen LogP contribution is 2.31. The summed E-state index contributed by atoms with van der Waals surface area (Å²) < 4.78 is 20.1. The van der Waals surface area contributed by atoms with E-state index in [1.807, 2.05) is 36.4 Å². The van der Waals surface area contributed by atoms with Gasteiger partial charge in [-0.3, -0.25) is 0 Å². The van der Waals surface area contributed by atoms with E-state index >= 15 is 0 Å². The van der Waals surface area contributed by atoms with Crippen molar-refractivity contribution in [1.82, 2.24) is 0 Å². The lowest BCUT2D eigenvalue weighted by Crippen LogP contribution is -2.13. The molecule has 0 fully saturated rings. The molecule has 2 aromatic carbocycles. The van der Waals surface area contributed by atoms with Crippen LogP contribution in [0, 0.1) is 0 Å². The fourth-order valence-corrected chi connectivity index (χ4v) is 4.57. The van der Waals surface area contributed by atoms with Gasteiger partial charge in [-0.15, -0.1) is 0 Å². The molecule has 0 heterocycles. The maximum absolute atomic E-state index is 6.13. The third kappa shape index (κ3) is 10.7. The van der Waals surface area contributed by atoms with Crippen LogP contribution in [-0.4, -0.2) is 13.6 Å². The quantitative estimate of drug-likeness (QED) is 0.113. The summed E-state index contributed by atoms with van der Waals surface area (Å²) >= 11 is 7.31. The molecule has 0 radical (unpaired) electrons. The van der Waals surface area contributed by atoms with E-state index in [-0.39, 0.29) is 25.8 Å². The predicted molar refractivity (Wildman–Crippen MR) is 144 cm³/mol. The molecule has 5 heteroatoms. The van der Waals surface area contributed by atoms with E-state index in [1.165, 1.54) is 0 Å². The van der Waals surface area contributed by atoms with Crippen molar-refractivity contribution in [2.45, 2.75) is 64.6 Å². The average molecular weight is 580 g/mol. The van der Waals surface area contributed by atoms with E-state index in [0.717, 1.165) is 58.6 Å². The normalized spacial score (nSPS) is 13.7. The van der Waals surface area contributed by atoms with Crippen molar-refractivity contribution < 1.29 is 14.2 Å². The molecule has 0 aliphatic rings. The van der Waals surface area contributed by atoms with Crippen LogP contribution in [-0.2, 0) is 14.2 Å². The van der Waals surface area contributed by atoms with Gasteiger partial charge in [-0.2, -0.15) is 0 Å². The van der Waals surface area contributed by atoms with Crippen molar-refractivity contribution in [1.29, 1.82) is 0 Å². The fourth-order valence-electron chi connectivity index (χ4n) is 3.49. The van der Waals surface area contributed by atoms with E-state index < -0.39 is 0 Å². The summed E-state index contributed by atoms with van der Waals surface area (Å²) in [7, 11) is 0. The second-order valence-electron chi connectivity index (χ2n) is 7.71. The van der Waals surface area contributed by atoms with Gasteiger partial charge in [-0.05, 0) is 61.8 Å². The molecule has 0 spiro atoms. The molecule has 2 rings (SSSR count). The van der Waals surface area contributed by atoms with Gasteiger partial charge in [-0.1, -0.05) is 106 Å². The molecule has 0 amide bonds. The predicted octanol–water partition coefficient (Wildman–Crippen LogP) is 9.45. The molecule has 0 N–H and O–H groups in total. The van der Waals surface area contributed by atoms with Gasteiger partial charge < -0.3 is 14.2 Å². The first kappa shape index (κ1) is 28.0. The molecule has 3 nitrogen and oxygen atoms in total. The highest BCUT2D eigenvalue weighted by Gasteiger charge is 2.16. The topological polar surface area (TPSA) is 27.7 Å². The van der Waals surface area contributed by atoms with Gasteiger partial charge in [0.2, 0.25) is 0 Å². The Balaban J connectivity index is 1.90. The zero-order chi connectivity index (χ0) is 23.7. The smallest absolute Gasteiger partial charge is 0.150 e. The minimum Gasteiger partial charge on any atom is -0.347 e. The van der Waals surface area contributed by atoms with Crippen LogP contribution in [0.5, 0.6) is 0 Å². The number of halogens is 2. The summed E-state index contributed by atoms with van der Waals surface area (Å²) in [5.41, 5.74) is 2.28. The average Bonchev–Trinajstić information content (AvgIpc) is 2.82. The summed E-state index contributed by atoms with van der Waals surface area (Å²) in [4.78, 5) is 0. The molecule has 0 aromatic heterocycles. The number of rotatable bonds is 16.